The number of thiazole rings is 1. The van der Waals surface area contributed by atoms with E-state index in [4.69, 9.17) is 0 Å². The second kappa shape index (κ2) is 10.3. The van der Waals surface area contributed by atoms with Crippen LogP contribution in [0.2, 0.25) is 0 Å². The number of pyridine rings is 1. The number of aromatic nitrogens is 2. The fourth-order valence-corrected chi connectivity index (χ4v) is 4.46. The van der Waals surface area contributed by atoms with E-state index in [-0.39, 0.29) is 37.0 Å². The number of carbonyl (C=O) groups is 2. The molecular weight excluding hydrogens is 447 g/mol. The molecule has 0 fully saturated rings. The van der Waals surface area contributed by atoms with Gasteiger partial charge in [0.1, 0.15) is 5.82 Å². The standard InChI is InChI=1S/C23H19FN4O2S2/c24-16-6-8-19(9-7-16)28(14-17-4-1-2-10-25-17)22(30)12-18-15-32-23(26-18)27-21(29)13-20-5-3-11-31-20/h1-11,15H,12-14H2,(H,26,27,29). The number of hydrogen-bond acceptors (Lipinski definition) is 6. The molecule has 0 aliphatic carbocycles. The van der Waals surface area contributed by atoms with Crippen LogP contribution in [0.5, 0.6) is 0 Å². The molecule has 0 aliphatic heterocycles. The lowest BCUT2D eigenvalue weighted by Gasteiger charge is -2.22. The largest absolute Gasteiger partial charge is 0.306 e. The fourth-order valence-electron chi connectivity index (χ4n) is 3.03. The third-order valence-electron chi connectivity index (χ3n) is 4.53. The molecule has 4 rings (SSSR count). The Morgan fingerprint density at radius 1 is 0.969 bits per heavy atom. The Morgan fingerprint density at radius 2 is 1.81 bits per heavy atom. The Bertz CT molecular complexity index is 1180. The summed E-state index contributed by atoms with van der Waals surface area (Å²) in [7, 11) is 0. The van der Waals surface area contributed by atoms with Crippen molar-refractivity contribution in [3.05, 3.63) is 93.6 Å². The minimum absolute atomic E-state index is 0.0432. The predicted molar refractivity (Wildman–Crippen MR) is 124 cm³/mol. The van der Waals surface area contributed by atoms with Crippen molar-refractivity contribution in [1.82, 2.24) is 9.97 Å². The molecule has 9 heteroatoms. The lowest BCUT2D eigenvalue weighted by atomic mass is 10.2. The average Bonchev–Trinajstić information content (AvgIpc) is 3.45. The molecule has 32 heavy (non-hydrogen) atoms. The third kappa shape index (κ3) is 5.83. The lowest BCUT2D eigenvalue weighted by molar-refractivity contribution is -0.118. The van der Waals surface area contributed by atoms with Crippen LogP contribution in [0.15, 0.2) is 71.6 Å². The maximum atomic E-state index is 13.4. The van der Waals surface area contributed by atoms with Crippen LogP contribution < -0.4 is 10.2 Å². The zero-order valence-corrected chi connectivity index (χ0v) is 18.5. The molecule has 0 radical (unpaired) electrons. The van der Waals surface area contributed by atoms with Gasteiger partial charge in [-0.2, -0.15) is 0 Å². The molecule has 0 bridgehead atoms. The van der Waals surface area contributed by atoms with E-state index in [9.17, 15) is 14.0 Å². The van der Waals surface area contributed by atoms with Crippen LogP contribution in [-0.4, -0.2) is 21.8 Å². The van der Waals surface area contributed by atoms with E-state index in [1.165, 1.54) is 34.8 Å². The third-order valence-corrected chi connectivity index (χ3v) is 6.21. The van der Waals surface area contributed by atoms with E-state index >= 15 is 0 Å². The molecule has 3 heterocycles. The number of halogens is 1. The van der Waals surface area contributed by atoms with Gasteiger partial charge in [0.15, 0.2) is 5.13 Å². The van der Waals surface area contributed by atoms with E-state index < -0.39 is 0 Å². The van der Waals surface area contributed by atoms with Crippen molar-refractivity contribution in [2.75, 3.05) is 10.2 Å². The van der Waals surface area contributed by atoms with Crippen LogP contribution in [0.1, 0.15) is 16.3 Å². The smallest absolute Gasteiger partial charge is 0.233 e. The molecule has 0 saturated carbocycles. The molecule has 4 aromatic rings. The first-order valence-electron chi connectivity index (χ1n) is 9.79. The number of amides is 2. The second-order valence-corrected chi connectivity index (χ2v) is 8.79. The van der Waals surface area contributed by atoms with Crippen molar-refractivity contribution in [3.63, 3.8) is 0 Å². The van der Waals surface area contributed by atoms with Crippen LogP contribution in [0.25, 0.3) is 0 Å². The monoisotopic (exact) mass is 466 g/mol. The van der Waals surface area contributed by atoms with Gasteiger partial charge in [-0.3, -0.25) is 14.6 Å². The van der Waals surface area contributed by atoms with Crippen molar-refractivity contribution in [2.45, 2.75) is 19.4 Å². The number of thiophene rings is 1. The van der Waals surface area contributed by atoms with Gasteiger partial charge in [-0.05, 0) is 47.8 Å². The van der Waals surface area contributed by atoms with Gasteiger partial charge in [0.2, 0.25) is 11.8 Å². The first-order valence-corrected chi connectivity index (χ1v) is 11.6. The van der Waals surface area contributed by atoms with Gasteiger partial charge >= 0.3 is 0 Å². The highest BCUT2D eigenvalue weighted by Gasteiger charge is 2.19. The Balaban J connectivity index is 1.44. The maximum absolute atomic E-state index is 13.4. The SMILES string of the molecule is O=C(Cc1cccs1)Nc1nc(CC(=O)N(Cc2ccccn2)c2ccc(F)cc2)cs1. The molecule has 0 atom stereocenters. The van der Waals surface area contributed by atoms with E-state index in [0.29, 0.717) is 22.2 Å². The minimum Gasteiger partial charge on any atom is -0.306 e. The molecule has 1 aromatic carbocycles. The molecule has 0 saturated heterocycles. The summed E-state index contributed by atoms with van der Waals surface area (Å²) >= 11 is 2.80. The number of hydrogen-bond donors (Lipinski definition) is 1. The van der Waals surface area contributed by atoms with Crippen molar-refractivity contribution in [1.29, 1.82) is 0 Å². The maximum Gasteiger partial charge on any atom is 0.233 e. The average molecular weight is 467 g/mol. The lowest BCUT2D eigenvalue weighted by Crippen LogP contribution is -2.32. The molecule has 6 nitrogen and oxygen atoms in total. The first-order chi connectivity index (χ1) is 15.6. The molecule has 2 amide bonds. The van der Waals surface area contributed by atoms with E-state index in [1.54, 1.807) is 34.7 Å². The minimum atomic E-state index is -0.374. The number of rotatable bonds is 8. The van der Waals surface area contributed by atoms with Crippen molar-refractivity contribution >= 4 is 45.3 Å². The van der Waals surface area contributed by atoms with Crippen LogP contribution in [0.3, 0.4) is 0 Å². The van der Waals surface area contributed by atoms with E-state index in [0.717, 1.165) is 4.88 Å². The number of carbonyl (C=O) groups excluding carboxylic acids is 2. The zero-order chi connectivity index (χ0) is 22.3. The normalized spacial score (nSPS) is 10.7. The highest BCUT2D eigenvalue weighted by atomic mass is 32.1. The topological polar surface area (TPSA) is 75.2 Å². The second-order valence-electron chi connectivity index (χ2n) is 6.90. The fraction of sp³-hybridized carbons (Fsp3) is 0.130. The Hall–Kier alpha value is -3.43. The number of nitrogens with one attached hydrogen (secondary N) is 1. The van der Waals surface area contributed by atoms with E-state index in [2.05, 4.69) is 15.3 Å². The number of anilines is 2. The van der Waals surface area contributed by atoms with Crippen LogP contribution in [0, 0.1) is 5.82 Å². The van der Waals surface area contributed by atoms with Crippen LogP contribution in [0.4, 0.5) is 15.2 Å². The molecule has 0 aliphatic rings. The Labute approximate surface area is 192 Å². The molecule has 0 unspecified atom stereocenters. The summed E-state index contributed by atoms with van der Waals surface area (Å²) in [5.41, 5.74) is 1.84. The summed E-state index contributed by atoms with van der Waals surface area (Å²) in [5, 5.41) is 6.91. The summed E-state index contributed by atoms with van der Waals surface area (Å²) in [6.07, 6.45) is 1.99. The van der Waals surface area contributed by atoms with Gasteiger partial charge in [-0.1, -0.05) is 12.1 Å². The van der Waals surface area contributed by atoms with Crippen molar-refractivity contribution < 1.29 is 14.0 Å². The quantitative estimate of drug-likeness (QED) is 0.409. The van der Waals surface area contributed by atoms with Gasteiger partial charge in [0.25, 0.3) is 0 Å². The van der Waals surface area contributed by atoms with Crippen LogP contribution in [-0.2, 0) is 29.0 Å². The molecule has 1 N–H and O–H groups in total. The Morgan fingerprint density at radius 3 is 2.53 bits per heavy atom. The predicted octanol–water partition coefficient (Wildman–Crippen LogP) is 4.70. The summed E-state index contributed by atoms with van der Waals surface area (Å²) in [4.78, 5) is 36.5. The van der Waals surface area contributed by atoms with E-state index in [1.807, 2.05) is 29.6 Å². The molecular formula is C23H19FN4O2S2. The van der Waals surface area contributed by atoms with Gasteiger partial charge < -0.3 is 10.2 Å². The van der Waals surface area contributed by atoms with Crippen molar-refractivity contribution in [2.24, 2.45) is 0 Å². The summed E-state index contributed by atoms with van der Waals surface area (Å²) in [6, 6.07) is 15.0. The van der Waals surface area contributed by atoms with Gasteiger partial charge in [0.05, 0.1) is 30.8 Å². The van der Waals surface area contributed by atoms with Crippen LogP contribution >= 0.6 is 22.7 Å². The highest BCUT2D eigenvalue weighted by Crippen LogP contribution is 2.21. The number of nitrogens with zero attached hydrogens (tertiary/aromatic N) is 3. The zero-order valence-electron chi connectivity index (χ0n) is 16.9. The van der Waals surface area contributed by atoms with Gasteiger partial charge in [-0.15, -0.1) is 22.7 Å². The molecule has 0 spiro atoms. The number of benzene rings is 1. The summed E-state index contributed by atoms with van der Waals surface area (Å²) < 4.78 is 13.4. The molecule has 162 valence electrons. The first kappa shape index (κ1) is 21.8. The van der Waals surface area contributed by atoms with Gasteiger partial charge in [0, 0.05) is 22.1 Å². The van der Waals surface area contributed by atoms with Crippen molar-refractivity contribution in [3.8, 4) is 0 Å². The highest BCUT2D eigenvalue weighted by molar-refractivity contribution is 7.14. The summed E-state index contributed by atoms with van der Waals surface area (Å²) in [5.74, 6) is -0.729. The van der Waals surface area contributed by atoms with Gasteiger partial charge in [-0.25, -0.2) is 9.37 Å². The summed E-state index contributed by atoms with van der Waals surface area (Å²) in [6.45, 7) is 0.250. The molecule has 3 aromatic heterocycles. The Kier molecular flexibility index (Phi) is 6.98.